The van der Waals surface area contributed by atoms with Crippen LogP contribution in [0.4, 0.5) is 0 Å². The predicted molar refractivity (Wildman–Crippen MR) is 70.8 cm³/mol. The average molecular weight is 255 g/mol. The molecule has 0 aromatic carbocycles. The molecule has 1 amide bonds. The van der Waals surface area contributed by atoms with Crippen molar-refractivity contribution in [1.29, 1.82) is 5.26 Å². The second kappa shape index (κ2) is 7.57. The zero-order valence-electron chi connectivity index (χ0n) is 10.6. The highest BCUT2D eigenvalue weighted by atomic mass is 32.2. The third-order valence-electron chi connectivity index (χ3n) is 2.87. The number of hydrogen-bond acceptors (Lipinski definition) is 4. The first kappa shape index (κ1) is 14.3. The first-order valence-corrected chi connectivity index (χ1v) is 7.31. The van der Waals surface area contributed by atoms with Crippen LogP contribution in [0.5, 0.6) is 0 Å². The van der Waals surface area contributed by atoms with Crippen LogP contribution in [0.3, 0.4) is 0 Å². The van der Waals surface area contributed by atoms with Gasteiger partial charge in [-0.2, -0.15) is 17.0 Å². The summed E-state index contributed by atoms with van der Waals surface area (Å²) in [4.78, 5) is 13.8. The van der Waals surface area contributed by atoms with Gasteiger partial charge in [0.15, 0.2) is 0 Å². The Labute approximate surface area is 108 Å². The van der Waals surface area contributed by atoms with E-state index >= 15 is 0 Å². The maximum absolute atomic E-state index is 12.1. The first-order valence-electron chi connectivity index (χ1n) is 6.15. The van der Waals surface area contributed by atoms with Crippen LogP contribution in [0.1, 0.15) is 20.3 Å². The lowest BCUT2D eigenvalue weighted by Crippen LogP contribution is -2.43. The summed E-state index contributed by atoms with van der Waals surface area (Å²) >= 11 is 1.90. The molecule has 0 saturated carbocycles. The minimum Gasteiger partial charge on any atom is -0.342 e. The van der Waals surface area contributed by atoms with Crippen molar-refractivity contribution in [3.8, 4) is 6.07 Å². The minimum atomic E-state index is -0.0902. The second-order valence-electron chi connectivity index (χ2n) is 4.39. The number of nitriles is 1. The van der Waals surface area contributed by atoms with E-state index in [4.69, 9.17) is 5.26 Å². The zero-order valence-corrected chi connectivity index (χ0v) is 11.4. The molecule has 1 aliphatic heterocycles. The highest BCUT2D eigenvalue weighted by molar-refractivity contribution is 7.99. The summed E-state index contributed by atoms with van der Waals surface area (Å²) < 4.78 is 0. The summed E-state index contributed by atoms with van der Waals surface area (Å²) in [5.74, 6) is 2.22. The van der Waals surface area contributed by atoms with Gasteiger partial charge >= 0.3 is 0 Å². The summed E-state index contributed by atoms with van der Waals surface area (Å²) in [7, 11) is 0. The van der Waals surface area contributed by atoms with Crippen LogP contribution in [-0.4, -0.2) is 48.0 Å². The van der Waals surface area contributed by atoms with Crippen LogP contribution in [-0.2, 0) is 4.79 Å². The topological polar surface area (TPSA) is 56.1 Å². The summed E-state index contributed by atoms with van der Waals surface area (Å²) in [6, 6.07) is 2.47. The monoisotopic (exact) mass is 255 g/mol. The molecule has 1 N–H and O–H groups in total. The molecular weight excluding hydrogens is 234 g/mol. The van der Waals surface area contributed by atoms with E-state index in [2.05, 4.69) is 11.4 Å². The fraction of sp³-hybridized carbons (Fsp3) is 0.833. The molecule has 0 radical (unpaired) electrons. The second-order valence-corrected chi connectivity index (χ2v) is 5.54. The largest absolute Gasteiger partial charge is 0.342 e. The molecule has 0 aromatic heterocycles. The number of thioether (sulfide) groups is 1. The highest BCUT2D eigenvalue weighted by Crippen LogP contribution is 2.12. The van der Waals surface area contributed by atoms with Crippen molar-refractivity contribution in [2.75, 3.05) is 31.1 Å². The molecule has 4 nitrogen and oxygen atoms in total. The van der Waals surface area contributed by atoms with E-state index in [9.17, 15) is 4.79 Å². The number of nitrogens with one attached hydrogen (secondary N) is 1. The van der Waals surface area contributed by atoms with Gasteiger partial charge in [0.05, 0.1) is 12.0 Å². The molecule has 0 spiro atoms. The Hall–Kier alpha value is -0.730. The maximum Gasteiger partial charge on any atom is 0.224 e. The lowest BCUT2D eigenvalue weighted by molar-refractivity contribution is -0.131. The van der Waals surface area contributed by atoms with Crippen molar-refractivity contribution in [2.45, 2.75) is 26.3 Å². The molecule has 1 fully saturated rings. The van der Waals surface area contributed by atoms with Crippen LogP contribution in [0, 0.1) is 17.2 Å². The van der Waals surface area contributed by atoms with Gasteiger partial charge in [-0.15, -0.1) is 0 Å². The van der Waals surface area contributed by atoms with Crippen molar-refractivity contribution >= 4 is 17.7 Å². The van der Waals surface area contributed by atoms with Crippen LogP contribution < -0.4 is 5.32 Å². The van der Waals surface area contributed by atoms with Gasteiger partial charge in [0, 0.05) is 43.6 Å². The molecule has 0 aromatic rings. The molecule has 1 heterocycles. The Morgan fingerprint density at radius 1 is 1.71 bits per heavy atom. The fourth-order valence-corrected chi connectivity index (χ4v) is 2.82. The minimum absolute atomic E-state index is 0.0902. The summed E-state index contributed by atoms with van der Waals surface area (Å²) in [5.41, 5.74) is 0. The average Bonchev–Trinajstić information content (AvgIpc) is 2.36. The molecule has 0 bridgehead atoms. The van der Waals surface area contributed by atoms with Crippen molar-refractivity contribution in [3.05, 3.63) is 0 Å². The lowest BCUT2D eigenvalue weighted by atomic mass is 10.1. The van der Waals surface area contributed by atoms with E-state index in [-0.39, 0.29) is 11.8 Å². The summed E-state index contributed by atoms with van der Waals surface area (Å²) in [5, 5.41) is 12.1. The maximum atomic E-state index is 12.1. The summed E-state index contributed by atoms with van der Waals surface area (Å²) in [6.07, 6.45) is 0.555. The van der Waals surface area contributed by atoms with Gasteiger partial charge < -0.3 is 10.2 Å². The molecule has 5 heteroatoms. The molecule has 17 heavy (non-hydrogen) atoms. The van der Waals surface area contributed by atoms with Gasteiger partial charge in [0.25, 0.3) is 0 Å². The number of rotatable bonds is 5. The predicted octanol–water partition coefficient (Wildman–Crippen LogP) is 1.09. The van der Waals surface area contributed by atoms with Crippen molar-refractivity contribution in [2.24, 2.45) is 5.92 Å². The Balaban J connectivity index is 2.40. The van der Waals surface area contributed by atoms with E-state index in [0.29, 0.717) is 25.6 Å². The van der Waals surface area contributed by atoms with Crippen LogP contribution >= 0.6 is 11.8 Å². The lowest BCUT2D eigenvalue weighted by Gasteiger charge is -2.27. The molecule has 2 atom stereocenters. The van der Waals surface area contributed by atoms with Gasteiger partial charge in [-0.1, -0.05) is 0 Å². The molecule has 2 unspecified atom stereocenters. The quantitative estimate of drug-likeness (QED) is 0.799. The fourth-order valence-electron chi connectivity index (χ4n) is 1.87. The van der Waals surface area contributed by atoms with Gasteiger partial charge in [0.2, 0.25) is 5.91 Å². The standard InChI is InChI=1S/C12H21N3OS/c1-3-15(8-10(2)7-13)12(16)6-11-9-17-5-4-14-11/h10-11,14H,3-6,8-9H2,1-2H3. The molecule has 1 saturated heterocycles. The number of carbonyl (C=O) groups is 1. The van der Waals surface area contributed by atoms with Crippen LogP contribution in [0.25, 0.3) is 0 Å². The van der Waals surface area contributed by atoms with Gasteiger partial charge in [-0.05, 0) is 13.8 Å². The van der Waals surface area contributed by atoms with Gasteiger partial charge in [0.1, 0.15) is 0 Å². The Kier molecular flexibility index (Phi) is 6.38. The summed E-state index contributed by atoms with van der Waals surface area (Å²) in [6.45, 7) is 6.04. The normalized spacial score (nSPS) is 21.6. The third-order valence-corrected chi connectivity index (χ3v) is 4.00. The molecule has 1 aliphatic rings. The Bertz CT molecular complexity index is 284. The van der Waals surface area contributed by atoms with E-state index < -0.39 is 0 Å². The van der Waals surface area contributed by atoms with Crippen molar-refractivity contribution in [1.82, 2.24) is 10.2 Å². The van der Waals surface area contributed by atoms with E-state index in [0.717, 1.165) is 18.1 Å². The van der Waals surface area contributed by atoms with Gasteiger partial charge in [-0.25, -0.2) is 0 Å². The SMILES string of the molecule is CCN(CC(C)C#N)C(=O)CC1CSCCN1. The van der Waals surface area contributed by atoms with Crippen LogP contribution in [0.2, 0.25) is 0 Å². The van der Waals surface area contributed by atoms with E-state index in [1.807, 2.05) is 25.6 Å². The van der Waals surface area contributed by atoms with Crippen LogP contribution in [0.15, 0.2) is 0 Å². The number of carbonyl (C=O) groups excluding carboxylic acids is 1. The first-order chi connectivity index (χ1) is 8.17. The molecular formula is C12H21N3OS. The molecule has 0 aliphatic carbocycles. The van der Waals surface area contributed by atoms with Crippen molar-refractivity contribution < 1.29 is 4.79 Å². The molecule has 96 valence electrons. The number of hydrogen-bond donors (Lipinski definition) is 1. The van der Waals surface area contributed by atoms with E-state index in [1.54, 1.807) is 4.90 Å². The molecule has 1 rings (SSSR count). The number of amides is 1. The third kappa shape index (κ3) is 4.97. The Morgan fingerprint density at radius 3 is 3.00 bits per heavy atom. The van der Waals surface area contributed by atoms with Crippen molar-refractivity contribution in [3.63, 3.8) is 0 Å². The smallest absolute Gasteiger partial charge is 0.224 e. The highest BCUT2D eigenvalue weighted by Gasteiger charge is 2.21. The number of nitrogens with zero attached hydrogens (tertiary/aromatic N) is 2. The Morgan fingerprint density at radius 2 is 2.47 bits per heavy atom. The zero-order chi connectivity index (χ0) is 12.7. The van der Waals surface area contributed by atoms with E-state index in [1.165, 1.54) is 0 Å². The van der Waals surface area contributed by atoms with Gasteiger partial charge in [-0.3, -0.25) is 4.79 Å².